The number of hydrogen-bond donors (Lipinski definition) is 2. The van der Waals surface area contributed by atoms with E-state index in [9.17, 15) is 0 Å². The molecule has 0 heterocycles. The van der Waals surface area contributed by atoms with E-state index in [-0.39, 0.29) is 0 Å². The summed E-state index contributed by atoms with van der Waals surface area (Å²) in [5, 5.41) is 8.69. The molecule has 3 N–H and O–H groups in total. The van der Waals surface area contributed by atoms with E-state index in [0.29, 0.717) is 6.61 Å². The first kappa shape index (κ1) is 12.8. The Balaban J connectivity index is 2.46. The van der Waals surface area contributed by atoms with Crippen molar-refractivity contribution in [2.75, 3.05) is 30.8 Å². The maximum atomic E-state index is 8.69. The zero-order valence-corrected chi connectivity index (χ0v) is 10.2. The summed E-state index contributed by atoms with van der Waals surface area (Å²) in [6.45, 7) is 3.31. The molecular formula is C13H22N2O. The highest BCUT2D eigenvalue weighted by Crippen LogP contribution is 2.20. The molecule has 0 aliphatic carbocycles. The minimum Gasteiger partial charge on any atom is -0.398 e. The molecule has 0 saturated carbocycles. The minimum atomic E-state index is 0.293. The Morgan fingerprint density at radius 1 is 1.25 bits per heavy atom. The Labute approximate surface area is 97.9 Å². The van der Waals surface area contributed by atoms with Gasteiger partial charge in [0.1, 0.15) is 0 Å². The van der Waals surface area contributed by atoms with Crippen LogP contribution < -0.4 is 10.6 Å². The number of aliphatic hydroxyl groups is 1. The molecule has 1 rings (SSSR count). The van der Waals surface area contributed by atoms with Crippen LogP contribution in [0.3, 0.4) is 0 Å². The van der Waals surface area contributed by atoms with E-state index >= 15 is 0 Å². The van der Waals surface area contributed by atoms with Crippen molar-refractivity contribution < 1.29 is 5.11 Å². The normalized spacial score (nSPS) is 10.4. The summed E-state index contributed by atoms with van der Waals surface area (Å²) in [6.07, 6.45) is 3.07. The molecule has 90 valence electrons. The Hall–Kier alpha value is -1.22. The molecule has 0 atom stereocenters. The standard InChI is InChI=1S/C13H22N2O/c1-11-6-7-12(10-13(11)14)15(2)8-4-3-5-9-16/h6-7,10,16H,3-5,8-9,14H2,1-2H3. The molecule has 0 aliphatic rings. The fraction of sp³-hybridized carbons (Fsp3) is 0.538. The average Bonchev–Trinajstić information content (AvgIpc) is 2.28. The van der Waals surface area contributed by atoms with Crippen LogP contribution >= 0.6 is 0 Å². The number of hydrogen-bond acceptors (Lipinski definition) is 3. The predicted molar refractivity (Wildman–Crippen MR) is 69.8 cm³/mol. The molecule has 1 aromatic carbocycles. The van der Waals surface area contributed by atoms with Crippen molar-refractivity contribution in [1.82, 2.24) is 0 Å². The number of aryl methyl sites for hydroxylation is 1. The van der Waals surface area contributed by atoms with Crippen LogP contribution in [0.1, 0.15) is 24.8 Å². The summed E-state index contributed by atoms with van der Waals surface area (Å²) in [5.41, 5.74) is 9.00. The second-order valence-corrected chi connectivity index (χ2v) is 4.25. The maximum absolute atomic E-state index is 8.69. The number of benzene rings is 1. The van der Waals surface area contributed by atoms with Crippen LogP contribution in [0, 0.1) is 6.92 Å². The summed E-state index contributed by atoms with van der Waals surface area (Å²) < 4.78 is 0. The summed E-state index contributed by atoms with van der Waals surface area (Å²) >= 11 is 0. The van der Waals surface area contributed by atoms with Crippen LogP contribution in [0.25, 0.3) is 0 Å². The molecule has 0 spiro atoms. The van der Waals surface area contributed by atoms with Crippen LogP contribution in [0.2, 0.25) is 0 Å². The van der Waals surface area contributed by atoms with Crippen LogP contribution in [-0.4, -0.2) is 25.3 Å². The van der Waals surface area contributed by atoms with Crippen molar-refractivity contribution in [2.45, 2.75) is 26.2 Å². The zero-order chi connectivity index (χ0) is 12.0. The van der Waals surface area contributed by atoms with Crippen molar-refractivity contribution in [3.8, 4) is 0 Å². The van der Waals surface area contributed by atoms with Gasteiger partial charge in [-0.3, -0.25) is 0 Å². The van der Waals surface area contributed by atoms with Gasteiger partial charge in [-0.05, 0) is 43.9 Å². The molecule has 0 aliphatic heterocycles. The van der Waals surface area contributed by atoms with Gasteiger partial charge in [-0.1, -0.05) is 6.07 Å². The van der Waals surface area contributed by atoms with Crippen LogP contribution in [0.5, 0.6) is 0 Å². The molecule has 0 bridgehead atoms. The Bertz CT molecular complexity index is 326. The molecular weight excluding hydrogens is 200 g/mol. The molecule has 3 nitrogen and oxygen atoms in total. The van der Waals surface area contributed by atoms with Gasteiger partial charge in [0.25, 0.3) is 0 Å². The Kier molecular flexibility index (Phi) is 5.12. The monoisotopic (exact) mass is 222 g/mol. The molecule has 0 unspecified atom stereocenters. The van der Waals surface area contributed by atoms with Crippen molar-refractivity contribution in [3.05, 3.63) is 23.8 Å². The van der Waals surface area contributed by atoms with Gasteiger partial charge in [-0.15, -0.1) is 0 Å². The van der Waals surface area contributed by atoms with E-state index in [1.165, 1.54) is 0 Å². The van der Waals surface area contributed by atoms with E-state index in [4.69, 9.17) is 10.8 Å². The van der Waals surface area contributed by atoms with E-state index in [1.54, 1.807) is 0 Å². The van der Waals surface area contributed by atoms with Gasteiger partial charge in [-0.25, -0.2) is 0 Å². The van der Waals surface area contributed by atoms with E-state index < -0.39 is 0 Å². The van der Waals surface area contributed by atoms with Gasteiger partial charge < -0.3 is 15.7 Å². The highest BCUT2D eigenvalue weighted by molar-refractivity contribution is 5.59. The molecule has 0 aromatic heterocycles. The van der Waals surface area contributed by atoms with E-state index in [1.807, 2.05) is 13.0 Å². The van der Waals surface area contributed by atoms with Crippen molar-refractivity contribution in [3.63, 3.8) is 0 Å². The molecule has 0 fully saturated rings. The Morgan fingerprint density at radius 2 is 2.00 bits per heavy atom. The quantitative estimate of drug-likeness (QED) is 0.573. The SMILES string of the molecule is Cc1ccc(N(C)CCCCCO)cc1N. The fourth-order valence-corrected chi connectivity index (χ4v) is 1.63. The fourth-order valence-electron chi connectivity index (χ4n) is 1.63. The number of unbranched alkanes of at least 4 members (excludes halogenated alkanes) is 2. The van der Waals surface area contributed by atoms with Crippen molar-refractivity contribution >= 4 is 11.4 Å². The number of anilines is 2. The second kappa shape index (κ2) is 6.38. The Morgan fingerprint density at radius 3 is 2.62 bits per heavy atom. The summed E-state index contributed by atoms with van der Waals surface area (Å²) in [5.74, 6) is 0. The molecule has 3 heteroatoms. The first-order valence-electron chi connectivity index (χ1n) is 5.83. The largest absolute Gasteiger partial charge is 0.398 e. The highest BCUT2D eigenvalue weighted by atomic mass is 16.2. The second-order valence-electron chi connectivity index (χ2n) is 4.25. The predicted octanol–water partition coefficient (Wildman–Crippen LogP) is 2.18. The third kappa shape index (κ3) is 3.74. The number of nitrogen functional groups attached to an aromatic ring is 1. The first-order valence-corrected chi connectivity index (χ1v) is 5.83. The lowest BCUT2D eigenvalue weighted by Gasteiger charge is -2.20. The molecule has 16 heavy (non-hydrogen) atoms. The number of nitrogens with zero attached hydrogens (tertiary/aromatic N) is 1. The maximum Gasteiger partial charge on any atom is 0.0431 e. The molecule has 0 amide bonds. The van der Waals surface area contributed by atoms with Gasteiger partial charge in [-0.2, -0.15) is 0 Å². The lowest BCUT2D eigenvalue weighted by Crippen LogP contribution is -2.18. The van der Waals surface area contributed by atoms with Gasteiger partial charge >= 0.3 is 0 Å². The molecule has 0 saturated heterocycles. The van der Waals surface area contributed by atoms with Gasteiger partial charge in [0, 0.05) is 31.6 Å². The van der Waals surface area contributed by atoms with Gasteiger partial charge in [0.2, 0.25) is 0 Å². The average molecular weight is 222 g/mol. The van der Waals surface area contributed by atoms with Gasteiger partial charge in [0.05, 0.1) is 0 Å². The lowest BCUT2D eigenvalue weighted by atomic mass is 10.1. The lowest BCUT2D eigenvalue weighted by molar-refractivity contribution is 0.283. The van der Waals surface area contributed by atoms with E-state index in [2.05, 4.69) is 24.1 Å². The first-order chi connectivity index (χ1) is 7.65. The van der Waals surface area contributed by atoms with Crippen LogP contribution in [-0.2, 0) is 0 Å². The van der Waals surface area contributed by atoms with Crippen LogP contribution in [0.4, 0.5) is 11.4 Å². The highest BCUT2D eigenvalue weighted by Gasteiger charge is 2.02. The third-order valence-electron chi connectivity index (χ3n) is 2.86. The number of aliphatic hydroxyl groups excluding tert-OH is 1. The topological polar surface area (TPSA) is 49.5 Å². The van der Waals surface area contributed by atoms with Gasteiger partial charge in [0.15, 0.2) is 0 Å². The van der Waals surface area contributed by atoms with Crippen molar-refractivity contribution in [1.29, 1.82) is 0 Å². The summed E-state index contributed by atoms with van der Waals surface area (Å²) in [4.78, 5) is 2.20. The third-order valence-corrected chi connectivity index (χ3v) is 2.86. The smallest absolute Gasteiger partial charge is 0.0431 e. The van der Waals surface area contributed by atoms with E-state index in [0.717, 1.165) is 42.7 Å². The summed E-state index contributed by atoms with van der Waals surface area (Å²) in [6, 6.07) is 6.16. The number of rotatable bonds is 6. The minimum absolute atomic E-state index is 0.293. The summed E-state index contributed by atoms with van der Waals surface area (Å²) in [7, 11) is 2.07. The number of nitrogens with two attached hydrogens (primary N) is 1. The molecule has 0 radical (unpaired) electrons. The zero-order valence-electron chi connectivity index (χ0n) is 10.2. The van der Waals surface area contributed by atoms with Crippen molar-refractivity contribution in [2.24, 2.45) is 0 Å². The molecule has 1 aromatic rings. The van der Waals surface area contributed by atoms with Crippen LogP contribution in [0.15, 0.2) is 18.2 Å².